The summed E-state index contributed by atoms with van der Waals surface area (Å²) < 4.78 is 0. The topological polar surface area (TPSA) is 453 Å². The molecular weight excluding hydrogens is 608 g/mol. The summed E-state index contributed by atoms with van der Waals surface area (Å²) in [5.41, 5.74) is 0. The molecule has 0 aromatic heterocycles. The van der Waals surface area contributed by atoms with Crippen molar-refractivity contribution in [3.8, 4) is 0 Å². The predicted octanol–water partition coefficient (Wildman–Crippen LogP) is -9.18. The van der Waals surface area contributed by atoms with E-state index in [1.165, 1.54) is 0 Å². The molecule has 0 saturated heterocycles. The van der Waals surface area contributed by atoms with Crippen molar-refractivity contribution in [1.29, 1.82) is 0 Å². The summed E-state index contributed by atoms with van der Waals surface area (Å²) >= 11 is 0. The van der Waals surface area contributed by atoms with Gasteiger partial charge in [0.2, 0.25) is 0 Å². The van der Waals surface area contributed by atoms with Crippen molar-refractivity contribution >= 4 is 0 Å². The van der Waals surface area contributed by atoms with Crippen LogP contribution in [-0.4, -0.2) is 30.5 Å². The maximum absolute atomic E-state index is 8.64. The standard InChI is InChI=1S/Ce.6HNO4/c;6*2-1(3)5-4/h;6*4H/p-6. The van der Waals surface area contributed by atoms with Crippen LogP contribution in [0.15, 0.2) is 0 Å². The van der Waals surface area contributed by atoms with E-state index in [2.05, 4.69) is 29.9 Å². The van der Waals surface area contributed by atoms with E-state index in [-0.39, 0.29) is 41.7 Å². The Hall–Kier alpha value is -3.66. The summed E-state index contributed by atoms with van der Waals surface area (Å²) in [7, 11) is 0. The first-order valence-corrected chi connectivity index (χ1v) is 4.29. The zero-order chi connectivity index (χ0) is 25.7. The van der Waals surface area contributed by atoms with Gasteiger partial charge < -0.3 is 61.5 Å². The van der Waals surface area contributed by atoms with E-state index in [0.717, 1.165) is 0 Å². The maximum atomic E-state index is 8.64. The number of nitrogens with zero attached hydrogens (tertiary/aromatic N) is 6. The second kappa shape index (κ2) is 40.9. The normalized spacial score (nSPS) is 6.39. The largest absolute Gasteiger partial charge is 0.694 e. The van der Waals surface area contributed by atoms with Gasteiger partial charge in [0.15, 0.2) is 0 Å². The molecule has 0 fully saturated rings. The first kappa shape index (κ1) is 45.8. The van der Waals surface area contributed by atoms with Gasteiger partial charge in [-0.2, -0.15) is 0 Å². The van der Waals surface area contributed by atoms with E-state index < -0.39 is 30.5 Å². The molecule has 0 aliphatic heterocycles. The Morgan fingerprint density at radius 1 is 0.323 bits per heavy atom. The van der Waals surface area contributed by atoms with E-state index >= 15 is 0 Å². The molecular formula is CeN6O24-6. The van der Waals surface area contributed by atoms with Crippen LogP contribution in [0.4, 0.5) is 0 Å². The van der Waals surface area contributed by atoms with Crippen LogP contribution in [0.5, 0.6) is 0 Å². The minimum Gasteiger partial charge on any atom is -0.694 e. The minimum atomic E-state index is -1.43. The molecule has 0 rings (SSSR count). The van der Waals surface area contributed by atoms with E-state index in [1.807, 2.05) is 0 Å². The summed E-state index contributed by atoms with van der Waals surface area (Å²) in [6.45, 7) is 0. The Balaban J connectivity index is -0.0000000443. The van der Waals surface area contributed by atoms with Crippen molar-refractivity contribution in [2.75, 3.05) is 0 Å². The molecule has 0 unspecified atom stereocenters. The van der Waals surface area contributed by atoms with E-state index in [4.69, 9.17) is 92.2 Å². The second-order valence-corrected chi connectivity index (χ2v) is 1.79. The molecule has 31 heteroatoms. The van der Waals surface area contributed by atoms with Crippen LogP contribution < -0.4 is 31.5 Å². The van der Waals surface area contributed by atoms with Gasteiger partial charge in [-0.25, -0.2) is 0 Å². The third-order valence-corrected chi connectivity index (χ3v) is 0.365. The van der Waals surface area contributed by atoms with Crippen LogP contribution in [0.3, 0.4) is 0 Å². The molecule has 0 saturated carbocycles. The zero-order valence-corrected chi connectivity index (χ0v) is 16.1. The summed E-state index contributed by atoms with van der Waals surface area (Å²) in [6, 6.07) is 0. The van der Waals surface area contributed by atoms with Gasteiger partial charge in [0.1, 0.15) is 0 Å². The van der Waals surface area contributed by atoms with Gasteiger partial charge in [-0.15, -0.1) is 60.7 Å². The van der Waals surface area contributed by atoms with Crippen molar-refractivity contribution in [3.05, 3.63) is 60.7 Å². The van der Waals surface area contributed by atoms with Crippen LogP contribution in [-0.2, 0) is 29.9 Å². The van der Waals surface area contributed by atoms with Gasteiger partial charge in [0.25, 0.3) is 30.5 Å². The van der Waals surface area contributed by atoms with Crippen molar-refractivity contribution in [3.63, 3.8) is 0 Å². The molecule has 0 amide bonds. The third-order valence-electron chi connectivity index (χ3n) is 0.365. The second-order valence-electron chi connectivity index (χ2n) is 1.79. The monoisotopic (exact) mass is 608 g/mol. The molecule has 0 aromatic rings. The van der Waals surface area contributed by atoms with E-state index in [0.29, 0.717) is 0 Å². The van der Waals surface area contributed by atoms with Gasteiger partial charge in [-0.3, -0.25) is 0 Å². The first-order valence-electron chi connectivity index (χ1n) is 4.29. The molecule has 0 radical (unpaired) electrons. The van der Waals surface area contributed by atoms with Crippen molar-refractivity contribution in [1.82, 2.24) is 0 Å². The molecule has 0 spiro atoms. The van der Waals surface area contributed by atoms with Gasteiger partial charge >= 0.3 is 0 Å². The molecule has 0 aliphatic carbocycles. The Morgan fingerprint density at radius 2 is 0.355 bits per heavy atom. The van der Waals surface area contributed by atoms with Crippen LogP contribution in [0.2, 0.25) is 0 Å². The fraction of sp³-hybridized carbons (Fsp3) is 0. The number of hydrogen-bond donors (Lipinski definition) is 0. The predicted molar refractivity (Wildman–Crippen MR) is 48.5 cm³/mol. The van der Waals surface area contributed by atoms with E-state index in [9.17, 15) is 0 Å². The third kappa shape index (κ3) is 224. The molecule has 31 heavy (non-hydrogen) atoms. The average Bonchev–Trinajstić information content (AvgIpc) is 2.69. The van der Waals surface area contributed by atoms with Gasteiger partial charge in [-0.1, -0.05) is 0 Å². The van der Waals surface area contributed by atoms with Gasteiger partial charge in [0, 0.05) is 41.7 Å². The Kier molecular flexibility index (Phi) is 60.5. The average molecular weight is 608 g/mol. The summed E-state index contributed by atoms with van der Waals surface area (Å²) in [5.74, 6) is 0. The molecule has 0 atom stereocenters. The van der Waals surface area contributed by atoms with Gasteiger partial charge in [0.05, 0.1) is 0 Å². The smallest absolute Gasteiger partial charge is 0.284 e. The molecule has 30 nitrogen and oxygen atoms in total. The molecule has 0 aromatic carbocycles. The maximum Gasteiger partial charge on any atom is 0.284 e. The Bertz CT molecular complexity index is 348. The van der Waals surface area contributed by atoms with Gasteiger partial charge in [-0.05, 0) is 0 Å². The molecule has 0 N–H and O–H groups in total. The zero-order valence-electron chi connectivity index (χ0n) is 13.0. The summed E-state index contributed by atoms with van der Waals surface area (Å²) in [6.07, 6.45) is 0. The van der Waals surface area contributed by atoms with Crippen molar-refractivity contribution in [2.45, 2.75) is 0 Å². The van der Waals surface area contributed by atoms with Crippen LogP contribution in [0.1, 0.15) is 0 Å². The summed E-state index contributed by atoms with van der Waals surface area (Å²) in [4.78, 5) is 65.2. The molecule has 184 valence electrons. The fourth-order valence-electron chi connectivity index (χ4n) is 0. The molecule has 0 aliphatic rings. The number of hydrogen-bond acceptors (Lipinski definition) is 24. The fourth-order valence-corrected chi connectivity index (χ4v) is 0. The van der Waals surface area contributed by atoms with Crippen molar-refractivity contribution in [2.24, 2.45) is 0 Å². The van der Waals surface area contributed by atoms with Crippen LogP contribution in [0, 0.1) is 102 Å². The Morgan fingerprint density at radius 3 is 0.355 bits per heavy atom. The van der Waals surface area contributed by atoms with Crippen LogP contribution in [0.25, 0.3) is 0 Å². The van der Waals surface area contributed by atoms with E-state index in [1.54, 1.807) is 0 Å². The minimum absolute atomic E-state index is 0. The van der Waals surface area contributed by atoms with Crippen LogP contribution >= 0.6 is 0 Å². The SMILES string of the molecule is O=[N+]([O-])O[O-].O=[N+]([O-])O[O-].O=[N+]([O-])O[O-].O=[N+]([O-])O[O-].O=[N+]([O-])O[O-].O=[N+]([O-])O[O-].[Ce]. The quantitative estimate of drug-likeness (QED) is 0.153. The first-order chi connectivity index (χ1) is 13.6. The molecule has 0 bridgehead atoms. The van der Waals surface area contributed by atoms with Crippen molar-refractivity contribution < 1.29 is 134 Å². The summed E-state index contributed by atoms with van der Waals surface area (Å²) in [5, 5.41) is 93.8. The number of rotatable bonds is 6. The molecule has 0 heterocycles. The Labute approximate surface area is 194 Å².